The smallest absolute Gasteiger partial charge is 0.402 e. The second kappa shape index (κ2) is 5.55. The lowest BCUT2D eigenvalue weighted by molar-refractivity contribution is -0.197. The Bertz CT molecular complexity index is 515. The topological polar surface area (TPSA) is 47.6 Å². The third-order valence-electron chi connectivity index (χ3n) is 3.79. The number of alkyl halides is 3. The molecule has 4 nitrogen and oxygen atoms in total. The summed E-state index contributed by atoms with van der Waals surface area (Å²) in [5.41, 5.74) is -2.60. The van der Waals surface area contributed by atoms with Crippen LogP contribution in [0, 0.1) is 5.41 Å². The van der Waals surface area contributed by atoms with Gasteiger partial charge in [-0.05, 0) is 25.1 Å². The molecule has 116 valence electrons. The van der Waals surface area contributed by atoms with Gasteiger partial charge >= 0.3 is 6.18 Å². The minimum absolute atomic E-state index is 0.0786. The number of benzene rings is 1. The van der Waals surface area contributed by atoms with E-state index in [0.717, 1.165) is 0 Å². The first kappa shape index (κ1) is 15.6. The fraction of sp³-hybridized carbons (Fsp3) is 0.500. The van der Waals surface area contributed by atoms with Crippen LogP contribution in [0.3, 0.4) is 0 Å². The molecule has 1 aliphatic heterocycles. The van der Waals surface area contributed by atoms with Crippen LogP contribution >= 0.6 is 0 Å². The second-order valence-electron chi connectivity index (χ2n) is 4.87. The number of ketones is 1. The molecule has 2 rings (SSSR count). The number of nitrogens with one attached hydrogen (secondary N) is 1. The fourth-order valence-electron chi connectivity index (χ4n) is 2.57. The van der Waals surface area contributed by atoms with E-state index in [-0.39, 0.29) is 30.0 Å². The molecular formula is C14H16F3NO3. The Hall–Kier alpha value is -1.76. The van der Waals surface area contributed by atoms with Crippen molar-refractivity contribution in [3.05, 3.63) is 23.8 Å². The molecule has 1 saturated heterocycles. The number of methoxy groups -OCH3 is 2. The zero-order valence-electron chi connectivity index (χ0n) is 11.7. The van der Waals surface area contributed by atoms with E-state index in [4.69, 9.17) is 9.47 Å². The van der Waals surface area contributed by atoms with Gasteiger partial charge < -0.3 is 14.8 Å². The van der Waals surface area contributed by atoms with Gasteiger partial charge in [-0.3, -0.25) is 4.79 Å². The zero-order valence-corrected chi connectivity index (χ0v) is 11.7. The van der Waals surface area contributed by atoms with Crippen molar-refractivity contribution >= 4 is 5.78 Å². The lowest BCUT2D eigenvalue weighted by Crippen LogP contribution is -2.47. The van der Waals surface area contributed by atoms with Crippen LogP contribution in [0.1, 0.15) is 16.8 Å². The molecule has 0 aliphatic carbocycles. The normalized spacial score (nSPS) is 22.1. The molecular weight excluding hydrogens is 287 g/mol. The van der Waals surface area contributed by atoms with Gasteiger partial charge in [0.1, 0.15) is 22.5 Å². The van der Waals surface area contributed by atoms with Gasteiger partial charge in [0, 0.05) is 6.54 Å². The number of carbonyl (C=O) groups is 1. The summed E-state index contributed by atoms with van der Waals surface area (Å²) >= 11 is 0. The molecule has 21 heavy (non-hydrogen) atoms. The molecule has 1 aromatic rings. The van der Waals surface area contributed by atoms with Crippen molar-refractivity contribution < 1.29 is 27.4 Å². The quantitative estimate of drug-likeness (QED) is 0.868. The molecule has 1 heterocycles. The molecule has 1 aliphatic rings. The number of ether oxygens (including phenoxy) is 2. The number of hydrogen-bond acceptors (Lipinski definition) is 4. The Morgan fingerprint density at radius 2 is 1.81 bits per heavy atom. The summed E-state index contributed by atoms with van der Waals surface area (Å²) in [6.07, 6.45) is -4.93. The van der Waals surface area contributed by atoms with Crippen molar-refractivity contribution in [3.63, 3.8) is 0 Å². The fourth-order valence-corrected chi connectivity index (χ4v) is 2.57. The summed E-state index contributed by atoms with van der Waals surface area (Å²) < 4.78 is 50.5. The first-order valence-corrected chi connectivity index (χ1v) is 6.40. The van der Waals surface area contributed by atoms with Gasteiger partial charge in [0.2, 0.25) is 0 Å². The Labute approximate surface area is 120 Å². The van der Waals surface area contributed by atoms with Gasteiger partial charge in [-0.1, -0.05) is 6.07 Å². The maximum atomic E-state index is 13.5. The first-order chi connectivity index (χ1) is 9.87. The van der Waals surface area contributed by atoms with E-state index in [2.05, 4.69) is 5.32 Å². The SMILES string of the molecule is COc1cccc(OC)c1C(=O)C1(C(F)(F)F)CCNC1. The summed E-state index contributed by atoms with van der Waals surface area (Å²) in [6.45, 7) is -0.292. The van der Waals surface area contributed by atoms with Crippen LogP contribution in [-0.4, -0.2) is 39.3 Å². The van der Waals surface area contributed by atoms with Crippen molar-refractivity contribution in [3.8, 4) is 11.5 Å². The molecule has 1 unspecified atom stereocenters. The largest absolute Gasteiger partial charge is 0.496 e. The van der Waals surface area contributed by atoms with E-state index < -0.39 is 23.9 Å². The minimum atomic E-state index is -4.64. The molecule has 0 aromatic heterocycles. The minimum Gasteiger partial charge on any atom is -0.496 e. The highest BCUT2D eigenvalue weighted by molar-refractivity contribution is 6.06. The van der Waals surface area contributed by atoms with Crippen LogP contribution in [-0.2, 0) is 0 Å². The monoisotopic (exact) mass is 303 g/mol. The second-order valence-corrected chi connectivity index (χ2v) is 4.87. The van der Waals surface area contributed by atoms with E-state index in [1.165, 1.54) is 26.4 Å². The van der Waals surface area contributed by atoms with Crippen molar-refractivity contribution in [2.75, 3.05) is 27.3 Å². The number of Topliss-reactive ketones (excluding diaryl/α,β-unsaturated/α-hetero) is 1. The van der Waals surface area contributed by atoms with Crippen LogP contribution in [0.25, 0.3) is 0 Å². The summed E-state index contributed by atoms with van der Waals surface area (Å²) in [6, 6.07) is 4.45. The van der Waals surface area contributed by atoms with Gasteiger partial charge in [-0.15, -0.1) is 0 Å². The number of halogens is 3. The summed E-state index contributed by atoms with van der Waals surface area (Å²) in [5, 5.41) is 2.62. The van der Waals surface area contributed by atoms with Crippen molar-refractivity contribution in [1.82, 2.24) is 5.32 Å². The van der Waals surface area contributed by atoms with Crippen molar-refractivity contribution in [2.45, 2.75) is 12.6 Å². The Balaban J connectivity index is 2.58. The number of carbonyl (C=O) groups excluding carboxylic acids is 1. The lowest BCUT2D eigenvalue weighted by Gasteiger charge is -2.30. The van der Waals surface area contributed by atoms with Crippen LogP contribution in [0.4, 0.5) is 13.2 Å². The highest BCUT2D eigenvalue weighted by Gasteiger charge is 2.62. The van der Waals surface area contributed by atoms with Gasteiger partial charge in [0.05, 0.1) is 14.2 Å². The zero-order chi connectivity index (χ0) is 15.7. The summed E-state index contributed by atoms with van der Waals surface area (Å²) in [5.74, 6) is -0.862. The molecule has 0 amide bonds. The molecule has 0 bridgehead atoms. The van der Waals surface area contributed by atoms with Crippen molar-refractivity contribution in [2.24, 2.45) is 5.41 Å². The van der Waals surface area contributed by atoms with Gasteiger partial charge in [0.15, 0.2) is 5.78 Å². The molecule has 1 atom stereocenters. The molecule has 1 N–H and O–H groups in total. The predicted octanol–water partition coefficient (Wildman–Crippen LogP) is 2.43. The van der Waals surface area contributed by atoms with Gasteiger partial charge in [-0.25, -0.2) is 0 Å². The van der Waals surface area contributed by atoms with Crippen LogP contribution in [0.15, 0.2) is 18.2 Å². The maximum absolute atomic E-state index is 13.5. The standard InChI is InChI=1S/C14H16F3NO3/c1-20-9-4-3-5-10(21-2)11(9)12(19)13(14(15,16)17)6-7-18-8-13/h3-5,18H,6-8H2,1-2H3. The first-order valence-electron chi connectivity index (χ1n) is 6.40. The van der Waals surface area contributed by atoms with E-state index >= 15 is 0 Å². The average molecular weight is 303 g/mol. The molecule has 0 saturated carbocycles. The highest BCUT2D eigenvalue weighted by Crippen LogP contribution is 2.47. The molecule has 0 radical (unpaired) electrons. The maximum Gasteiger partial charge on any atom is 0.402 e. The number of rotatable bonds is 4. The summed E-state index contributed by atoms with van der Waals surface area (Å²) in [4.78, 5) is 12.7. The lowest BCUT2D eigenvalue weighted by atomic mass is 9.78. The predicted molar refractivity (Wildman–Crippen MR) is 69.9 cm³/mol. The third-order valence-corrected chi connectivity index (χ3v) is 3.79. The van der Waals surface area contributed by atoms with Gasteiger partial charge in [-0.2, -0.15) is 13.2 Å². The highest BCUT2D eigenvalue weighted by atomic mass is 19.4. The van der Waals surface area contributed by atoms with Crippen molar-refractivity contribution in [1.29, 1.82) is 0 Å². The van der Waals surface area contributed by atoms with E-state index in [9.17, 15) is 18.0 Å². The van der Waals surface area contributed by atoms with Crippen LogP contribution in [0.5, 0.6) is 11.5 Å². The molecule has 0 spiro atoms. The van der Waals surface area contributed by atoms with E-state index in [1.54, 1.807) is 6.07 Å². The van der Waals surface area contributed by atoms with Crippen LogP contribution < -0.4 is 14.8 Å². The van der Waals surface area contributed by atoms with Gasteiger partial charge in [0.25, 0.3) is 0 Å². The molecule has 1 fully saturated rings. The summed E-state index contributed by atoms with van der Waals surface area (Å²) in [7, 11) is 2.61. The van der Waals surface area contributed by atoms with E-state index in [1.807, 2.05) is 0 Å². The molecule has 7 heteroatoms. The average Bonchev–Trinajstić information content (AvgIpc) is 2.96. The van der Waals surface area contributed by atoms with E-state index in [0.29, 0.717) is 0 Å². The number of hydrogen-bond donors (Lipinski definition) is 1. The Morgan fingerprint density at radius 3 is 2.19 bits per heavy atom. The molecule has 1 aromatic carbocycles. The Kier molecular flexibility index (Phi) is 4.13. The van der Waals surface area contributed by atoms with Crippen LogP contribution in [0.2, 0.25) is 0 Å². The third kappa shape index (κ3) is 2.46. The Morgan fingerprint density at radius 1 is 1.24 bits per heavy atom.